The Balaban J connectivity index is 1.84. The van der Waals surface area contributed by atoms with Crippen molar-refractivity contribution in [3.63, 3.8) is 0 Å². The maximum absolute atomic E-state index is 9.07. The van der Waals surface area contributed by atoms with Gasteiger partial charge in [-0.3, -0.25) is 0 Å². The van der Waals surface area contributed by atoms with Gasteiger partial charge in [-0.2, -0.15) is 0 Å². The van der Waals surface area contributed by atoms with Crippen molar-refractivity contribution in [1.82, 2.24) is 0 Å². The fraction of sp³-hybridized carbons (Fsp3) is 0.562. The number of fused-ring (bicyclic) bond motifs is 1. The average Bonchev–Trinajstić information content (AvgIpc) is 2.53. The van der Waals surface area contributed by atoms with Crippen LogP contribution in [-0.4, -0.2) is 44.5 Å². The predicted molar refractivity (Wildman–Crippen MR) is 80.5 cm³/mol. The molecular weight excluding hydrogens is 270 g/mol. The summed E-state index contributed by atoms with van der Waals surface area (Å²) in [6, 6.07) is 5.91. The number of methoxy groups -OCH3 is 1. The van der Waals surface area contributed by atoms with Crippen molar-refractivity contribution in [2.24, 2.45) is 5.16 Å². The van der Waals surface area contributed by atoms with E-state index in [1.807, 2.05) is 18.2 Å². The number of ether oxygens (including phenoxy) is 3. The highest BCUT2D eigenvalue weighted by Gasteiger charge is 2.19. The molecule has 1 N–H and O–H groups in total. The molecule has 116 valence electrons. The molecule has 0 saturated carbocycles. The summed E-state index contributed by atoms with van der Waals surface area (Å²) in [5.74, 6) is 0.894. The van der Waals surface area contributed by atoms with Crippen molar-refractivity contribution >= 4 is 5.71 Å². The molecule has 2 rings (SSSR count). The molecule has 1 aromatic carbocycles. The summed E-state index contributed by atoms with van der Waals surface area (Å²) in [5, 5.41) is 12.5. The fourth-order valence-corrected chi connectivity index (χ4v) is 2.49. The third-order valence-corrected chi connectivity index (χ3v) is 3.53. The SMILES string of the molecule is COCCOCCCOc1cccc2c1CCC/C2=N\O. The maximum Gasteiger partial charge on any atom is 0.123 e. The summed E-state index contributed by atoms with van der Waals surface area (Å²) < 4.78 is 16.2. The van der Waals surface area contributed by atoms with E-state index in [0.29, 0.717) is 26.4 Å². The van der Waals surface area contributed by atoms with Crippen LogP contribution < -0.4 is 4.74 Å². The Labute approximate surface area is 125 Å². The maximum atomic E-state index is 9.07. The highest BCUT2D eigenvalue weighted by atomic mass is 16.5. The van der Waals surface area contributed by atoms with E-state index < -0.39 is 0 Å². The van der Waals surface area contributed by atoms with E-state index >= 15 is 0 Å². The molecule has 0 heterocycles. The fourth-order valence-electron chi connectivity index (χ4n) is 2.49. The Kier molecular flexibility index (Phi) is 6.50. The van der Waals surface area contributed by atoms with Crippen LogP contribution in [0.3, 0.4) is 0 Å². The van der Waals surface area contributed by atoms with E-state index in [2.05, 4.69) is 5.16 Å². The minimum atomic E-state index is 0.619. The third kappa shape index (κ3) is 4.44. The van der Waals surface area contributed by atoms with E-state index in [0.717, 1.165) is 48.3 Å². The molecule has 21 heavy (non-hydrogen) atoms. The summed E-state index contributed by atoms with van der Waals surface area (Å²) in [7, 11) is 1.66. The van der Waals surface area contributed by atoms with Crippen molar-refractivity contribution < 1.29 is 19.4 Å². The first-order valence-electron chi connectivity index (χ1n) is 7.39. The van der Waals surface area contributed by atoms with Gasteiger partial charge in [0.25, 0.3) is 0 Å². The largest absolute Gasteiger partial charge is 0.493 e. The minimum Gasteiger partial charge on any atom is -0.493 e. The summed E-state index contributed by atoms with van der Waals surface area (Å²) >= 11 is 0. The number of hydrogen-bond donors (Lipinski definition) is 1. The van der Waals surface area contributed by atoms with E-state index in [9.17, 15) is 0 Å². The van der Waals surface area contributed by atoms with Crippen molar-refractivity contribution in [3.8, 4) is 5.75 Å². The van der Waals surface area contributed by atoms with Gasteiger partial charge in [-0.25, -0.2) is 0 Å². The molecule has 1 aromatic rings. The van der Waals surface area contributed by atoms with Gasteiger partial charge in [0.05, 0.1) is 25.5 Å². The molecule has 1 aliphatic rings. The first kappa shape index (κ1) is 15.8. The monoisotopic (exact) mass is 293 g/mol. The highest BCUT2D eigenvalue weighted by Crippen LogP contribution is 2.30. The summed E-state index contributed by atoms with van der Waals surface area (Å²) in [6.45, 7) is 2.53. The molecule has 0 aromatic heterocycles. The zero-order chi connectivity index (χ0) is 14.9. The lowest BCUT2D eigenvalue weighted by Gasteiger charge is -2.20. The van der Waals surface area contributed by atoms with Gasteiger partial charge in [0, 0.05) is 31.3 Å². The molecule has 0 atom stereocenters. The topological polar surface area (TPSA) is 60.3 Å². The molecule has 0 fully saturated rings. The smallest absolute Gasteiger partial charge is 0.123 e. The molecule has 0 saturated heterocycles. The lowest BCUT2D eigenvalue weighted by molar-refractivity contribution is 0.0644. The average molecular weight is 293 g/mol. The van der Waals surface area contributed by atoms with Crippen LogP contribution in [0.15, 0.2) is 23.4 Å². The lowest BCUT2D eigenvalue weighted by Crippen LogP contribution is -2.14. The van der Waals surface area contributed by atoms with Crippen LogP contribution in [0.2, 0.25) is 0 Å². The number of nitrogens with zero attached hydrogens (tertiary/aromatic N) is 1. The summed E-state index contributed by atoms with van der Waals surface area (Å²) in [4.78, 5) is 0. The summed E-state index contributed by atoms with van der Waals surface area (Å²) in [6.07, 6.45) is 3.62. The molecule has 0 radical (unpaired) electrons. The van der Waals surface area contributed by atoms with Gasteiger partial charge >= 0.3 is 0 Å². The van der Waals surface area contributed by atoms with Crippen molar-refractivity contribution in [3.05, 3.63) is 29.3 Å². The first-order chi connectivity index (χ1) is 10.4. The van der Waals surface area contributed by atoms with Gasteiger partial charge in [-0.15, -0.1) is 0 Å². The first-order valence-corrected chi connectivity index (χ1v) is 7.39. The number of hydrogen-bond acceptors (Lipinski definition) is 5. The van der Waals surface area contributed by atoms with Crippen molar-refractivity contribution in [2.75, 3.05) is 33.5 Å². The Hall–Kier alpha value is -1.59. The van der Waals surface area contributed by atoms with Gasteiger partial charge in [-0.05, 0) is 25.3 Å². The number of oxime groups is 1. The van der Waals surface area contributed by atoms with E-state index in [1.54, 1.807) is 7.11 Å². The molecule has 5 heteroatoms. The van der Waals surface area contributed by atoms with Gasteiger partial charge in [0.1, 0.15) is 5.75 Å². The second-order valence-electron chi connectivity index (χ2n) is 4.99. The highest BCUT2D eigenvalue weighted by molar-refractivity contribution is 6.02. The van der Waals surface area contributed by atoms with Crippen LogP contribution in [0.25, 0.3) is 0 Å². The molecule has 0 unspecified atom stereocenters. The quantitative estimate of drug-likeness (QED) is 0.455. The molecule has 1 aliphatic carbocycles. The van der Waals surface area contributed by atoms with Crippen molar-refractivity contribution in [1.29, 1.82) is 0 Å². The van der Waals surface area contributed by atoms with E-state index in [1.165, 1.54) is 0 Å². The molecule has 0 amide bonds. The zero-order valence-electron chi connectivity index (χ0n) is 12.5. The Bertz CT molecular complexity index is 473. The lowest BCUT2D eigenvalue weighted by atomic mass is 9.89. The summed E-state index contributed by atoms with van der Waals surface area (Å²) in [5.41, 5.74) is 2.92. The second-order valence-corrected chi connectivity index (χ2v) is 4.99. The van der Waals surface area contributed by atoms with Crippen molar-refractivity contribution in [2.45, 2.75) is 25.7 Å². The van der Waals surface area contributed by atoms with Crippen LogP contribution >= 0.6 is 0 Å². The molecule has 0 spiro atoms. The van der Waals surface area contributed by atoms with Crippen LogP contribution in [0.4, 0.5) is 0 Å². The molecule has 0 aliphatic heterocycles. The van der Waals surface area contributed by atoms with Crippen LogP contribution in [-0.2, 0) is 15.9 Å². The predicted octanol–water partition coefficient (Wildman–Crippen LogP) is 2.63. The van der Waals surface area contributed by atoms with Crippen LogP contribution in [0.5, 0.6) is 5.75 Å². The standard InChI is InChI=1S/C16H23NO4/c1-19-11-12-20-9-4-10-21-16-8-3-5-13-14(16)6-2-7-15(13)17-18/h3,5,8,18H,2,4,6-7,9-12H2,1H3/b17-15+. The van der Waals surface area contributed by atoms with E-state index in [4.69, 9.17) is 19.4 Å². The number of benzene rings is 1. The van der Waals surface area contributed by atoms with Gasteiger partial charge in [0.2, 0.25) is 0 Å². The normalized spacial score (nSPS) is 16.0. The Morgan fingerprint density at radius 1 is 1.14 bits per heavy atom. The zero-order valence-corrected chi connectivity index (χ0v) is 12.5. The number of rotatable bonds is 8. The van der Waals surface area contributed by atoms with Gasteiger partial charge in [0.15, 0.2) is 0 Å². The van der Waals surface area contributed by atoms with Gasteiger partial charge in [-0.1, -0.05) is 17.3 Å². The van der Waals surface area contributed by atoms with Gasteiger partial charge < -0.3 is 19.4 Å². The molecule has 0 bridgehead atoms. The minimum absolute atomic E-state index is 0.619. The van der Waals surface area contributed by atoms with Crippen LogP contribution in [0.1, 0.15) is 30.4 Å². The van der Waals surface area contributed by atoms with E-state index in [-0.39, 0.29) is 0 Å². The Morgan fingerprint density at radius 2 is 2.05 bits per heavy atom. The Morgan fingerprint density at radius 3 is 2.86 bits per heavy atom. The molecular formula is C16H23NO4. The van der Waals surface area contributed by atoms with Crippen LogP contribution in [0, 0.1) is 0 Å². The second kappa shape index (κ2) is 8.64. The third-order valence-electron chi connectivity index (χ3n) is 3.53. The molecule has 5 nitrogen and oxygen atoms in total.